The molecule has 0 bridgehead atoms. The third-order valence-corrected chi connectivity index (χ3v) is 4.02. The number of aryl methyl sites for hydroxylation is 1. The summed E-state index contributed by atoms with van der Waals surface area (Å²) in [4.78, 5) is 0. The lowest BCUT2D eigenvalue weighted by Crippen LogP contribution is -2.19. The van der Waals surface area contributed by atoms with Crippen molar-refractivity contribution in [3.63, 3.8) is 0 Å². The third kappa shape index (κ3) is 4.55. The van der Waals surface area contributed by atoms with Crippen molar-refractivity contribution in [2.75, 3.05) is 10.6 Å². The highest BCUT2D eigenvalue weighted by atomic mass is 35.5. The van der Waals surface area contributed by atoms with Crippen molar-refractivity contribution in [2.24, 2.45) is 0 Å². The summed E-state index contributed by atoms with van der Waals surface area (Å²) in [6, 6.07) is 15.8. The van der Waals surface area contributed by atoms with Crippen molar-refractivity contribution in [1.29, 1.82) is 0 Å². The predicted octanol–water partition coefficient (Wildman–Crippen LogP) is 4.84. The van der Waals surface area contributed by atoms with E-state index in [4.69, 9.17) is 23.8 Å². The first-order chi connectivity index (χ1) is 12.0. The minimum Gasteiger partial charge on any atom is -0.332 e. The number of benzene rings is 2. The molecule has 128 valence electrons. The predicted molar refractivity (Wildman–Crippen MR) is 104 cm³/mol. The van der Waals surface area contributed by atoms with Crippen molar-refractivity contribution in [3.8, 4) is 0 Å². The SMILES string of the molecule is Cc1cc(NC(=S)Nc2cccc(Cl)c2)nn1Cc1ccccc1F. The van der Waals surface area contributed by atoms with E-state index in [0.717, 1.165) is 11.4 Å². The van der Waals surface area contributed by atoms with E-state index in [1.54, 1.807) is 35.0 Å². The molecule has 0 aliphatic heterocycles. The van der Waals surface area contributed by atoms with Crippen LogP contribution in [0.5, 0.6) is 0 Å². The van der Waals surface area contributed by atoms with E-state index in [1.807, 2.05) is 25.1 Å². The highest BCUT2D eigenvalue weighted by Gasteiger charge is 2.09. The van der Waals surface area contributed by atoms with E-state index in [1.165, 1.54) is 6.07 Å². The molecule has 3 aromatic rings. The summed E-state index contributed by atoms with van der Waals surface area (Å²) in [6.45, 7) is 2.27. The van der Waals surface area contributed by atoms with Crippen LogP contribution in [-0.2, 0) is 6.54 Å². The lowest BCUT2D eigenvalue weighted by atomic mass is 10.2. The molecule has 1 heterocycles. The number of nitrogens with zero attached hydrogens (tertiary/aromatic N) is 2. The normalized spacial score (nSPS) is 10.5. The molecule has 1 aromatic heterocycles. The summed E-state index contributed by atoms with van der Waals surface area (Å²) in [5, 5.41) is 11.5. The first-order valence-corrected chi connectivity index (χ1v) is 8.41. The second-order valence-electron chi connectivity index (χ2n) is 5.51. The first-order valence-electron chi connectivity index (χ1n) is 7.63. The lowest BCUT2D eigenvalue weighted by molar-refractivity contribution is 0.581. The molecule has 3 rings (SSSR count). The quantitative estimate of drug-likeness (QED) is 0.641. The number of hydrogen-bond donors (Lipinski definition) is 2. The van der Waals surface area contributed by atoms with Crippen molar-refractivity contribution in [3.05, 3.63) is 76.7 Å². The van der Waals surface area contributed by atoms with Gasteiger partial charge in [-0.1, -0.05) is 35.9 Å². The maximum atomic E-state index is 13.8. The zero-order valence-electron chi connectivity index (χ0n) is 13.5. The maximum absolute atomic E-state index is 13.8. The monoisotopic (exact) mass is 374 g/mol. The van der Waals surface area contributed by atoms with E-state index in [9.17, 15) is 4.39 Å². The van der Waals surface area contributed by atoms with Crippen molar-refractivity contribution in [1.82, 2.24) is 9.78 Å². The van der Waals surface area contributed by atoms with Gasteiger partial charge in [0, 0.05) is 28.0 Å². The Hall–Kier alpha value is -2.44. The Bertz CT molecular complexity index is 910. The fourth-order valence-corrected chi connectivity index (χ4v) is 2.78. The summed E-state index contributed by atoms with van der Waals surface area (Å²) in [7, 11) is 0. The van der Waals surface area contributed by atoms with Crippen LogP contribution < -0.4 is 10.6 Å². The third-order valence-electron chi connectivity index (χ3n) is 3.58. The van der Waals surface area contributed by atoms with Gasteiger partial charge >= 0.3 is 0 Å². The van der Waals surface area contributed by atoms with Crippen LogP contribution in [0, 0.1) is 12.7 Å². The summed E-state index contributed by atoms with van der Waals surface area (Å²) in [5.74, 6) is 0.346. The highest BCUT2D eigenvalue weighted by Crippen LogP contribution is 2.16. The summed E-state index contributed by atoms with van der Waals surface area (Å²) < 4.78 is 15.5. The van der Waals surface area contributed by atoms with Crippen molar-refractivity contribution >= 4 is 40.4 Å². The fraction of sp³-hybridized carbons (Fsp3) is 0.111. The Labute approximate surface area is 155 Å². The largest absolute Gasteiger partial charge is 0.332 e. The Morgan fingerprint density at radius 1 is 1.16 bits per heavy atom. The van der Waals surface area contributed by atoms with Gasteiger partial charge in [0.2, 0.25) is 0 Å². The van der Waals surface area contributed by atoms with Crippen LogP contribution in [0.25, 0.3) is 0 Å². The molecule has 2 N–H and O–H groups in total. The molecular formula is C18H16ClFN4S. The smallest absolute Gasteiger partial charge is 0.176 e. The molecule has 0 amide bonds. The number of rotatable bonds is 4. The number of anilines is 2. The molecular weight excluding hydrogens is 359 g/mol. The van der Waals surface area contributed by atoms with Crippen LogP contribution >= 0.6 is 23.8 Å². The van der Waals surface area contributed by atoms with Gasteiger partial charge in [0.15, 0.2) is 10.9 Å². The maximum Gasteiger partial charge on any atom is 0.176 e. The topological polar surface area (TPSA) is 41.9 Å². The molecule has 0 fully saturated rings. The van der Waals surface area contributed by atoms with Gasteiger partial charge in [0.05, 0.1) is 6.54 Å². The zero-order chi connectivity index (χ0) is 17.8. The Balaban J connectivity index is 1.68. The van der Waals surface area contributed by atoms with Gasteiger partial charge in [-0.2, -0.15) is 5.10 Å². The minimum absolute atomic E-state index is 0.245. The van der Waals surface area contributed by atoms with Crippen LogP contribution in [-0.4, -0.2) is 14.9 Å². The van der Waals surface area contributed by atoms with Gasteiger partial charge in [-0.15, -0.1) is 0 Å². The summed E-state index contributed by atoms with van der Waals surface area (Å²) in [6.07, 6.45) is 0. The van der Waals surface area contributed by atoms with Gasteiger partial charge in [-0.3, -0.25) is 4.68 Å². The van der Waals surface area contributed by atoms with E-state index < -0.39 is 0 Å². The van der Waals surface area contributed by atoms with Crippen LogP contribution in [0.4, 0.5) is 15.9 Å². The highest BCUT2D eigenvalue weighted by molar-refractivity contribution is 7.80. The van der Waals surface area contributed by atoms with Crippen molar-refractivity contribution < 1.29 is 4.39 Å². The molecule has 0 saturated heterocycles. The Kier molecular flexibility index (Phi) is 5.31. The minimum atomic E-state index is -0.245. The number of hydrogen-bond acceptors (Lipinski definition) is 2. The molecule has 0 unspecified atom stereocenters. The standard InChI is InChI=1S/C18H16ClFN4S/c1-12-9-17(22-18(25)21-15-7-4-6-14(19)10-15)23-24(12)11-13-5-2-3-8-16(13)20/h2-10H,11H2,1H3,(H2,21,22,23,25). The first kappa shape index (κ1) is 17.4. The zero-order valence-corrected chi connectivity index (χ0v) is 15.0. The second kappa shape index (κ2) is 7.63. The summed E-state index contributed by atoms with van der Waals surface area (Å²) in [5.41, 5.74) is 2.27. The Morgan fingerprint density at radius 3 is 2.72 bits per heavy atom. The molecule has 0 aliphatic rings. The van der Waals surface area contributed by atoms with Gasteiger partial charge < -0.3 is 10.6 Å². The average Bonchev–Trinajstić information content (AvgIpc) is 2.89. The molecule has 25 heavy (non-hydrogen) atoms. The molecule has 0 radical (unpaired) electrons. The van der Waals surface area contributed by atoms with E-state index in [0.29, 0.717) is 28.1 Å². The van der Waals surface area contributed by atoms with E-state index in [-0.39, 0.29) is 5.82 Å². The van der Waals surface area contributed by atoms with E-state index in [2.05, 4.69) is 15.7 Å². The Morgan fingerprint density at radius 2 is 1.96 bits per heavy atom. The van der Waals surface area contributed by atoms with Gasteiger partial charge in [-0.05, 0) is 43.4 Å². The number of halogens is 2. The lowest BCUT2D eigenvalue weighted by Gasteiger charge is -2.09. The molecule has 0 atom stereocenters. The molecule has 0 spiro atoms. The van der Waals surface area contributed by atoms with Gasteiger partial charge in [-0.25, -0.2) is 4.39 Å². The number of thiocarbonyl (C=S) groups is 1. The van der Waals surface area contributed by atoms with Crippen molar-refractivity contribution in [2.45, 2.75) is 13.5 Å². The summed E-state index contributed by atoms with van der Waals surface area (Å²) >= 11 is 11.2. The van der Waals surface area contributed by atoms with Crippen LogP contribution in [0.15, 0.2) is 54.6 Å². The molecule has 7 heteroatoms. The fourth-order valence-electron chi connectivity index (χ4n) is 2.36. The van der Waals surface area contributed by atoms with Gasteiger partial charge in [0.25, 0.3) is 0 Å². The van der Waals surface area contributed by atoms with Crippen LogP contribution in [0.2, 0.25) is 5.02 Å². The van der Waals surface area contributed by atoms with Crippen LogP contribution in [0.1, 0.15) is 11.3 Å². The molecule has 0 aliphatic carbocycles. The van der Waals surface area contributed by atoms with Crippen LogP contribution in [0.3, 0.4) is 0 Å². The van der Waals surface area contributed by atoms with Gasteiger partial charge in [0.1, 0.15) is 5.82 Å². The number of nitrogens with one attached hydrogen (secondary N) is 2. The average molecular weight is 375 g/mol. The number of aromatic nitrogens is 2. The van der Waals surface area contributed by atoms with E-state index >= 15 is 0 Å². The molecule has 2 aromatic carbocycles. The molecule has 0 saturated carbocycles. The second-order valence-corrected chi connectivity index (χ2v) is 6.35. The molecule has 4 nitrogen and oxygen atoms in total.